The lowest BCUT2D eigenvalue weighted by Gasteiger charge is -2.27. The van der Waals surface area contributed by atoms with Gasteiger partial charge in [-0.15, -0.1) is 13.2 Å². The summed E-state index contributed by atoms with van der Waals surface area (Å²) >= 11 is 0. The van der Waals surface area contributed by atoms with Gasteiger partial charge < -0.3 is 14.4 Å². The molecule has 0 aromatic heterocycles. The van der Waals surface area contributed by atoms with Gasteiger partial charge in [-0.3, -0.25) is 4.79 Å². The van der Waals surface area contributed by atoms with Gasteiger partial charge in [0.2, 0.25) is 0 Å². The second-order valence-corrected chi connectivity index (χ2v) is 4.85. The highest BCUT2D eigenvalue weighted by atomic mass is 19.4. The summed E-state index contributed by atoms with van der Waals surface area (Å²) in [5.74, 6) is -0.908. The van der Waals surface area contributed by atoms with Crippen LogP contribution in [0.5, 0.6) is 5.75 Å². The van der Waals surface area contributed by atoms with E-state index in [4.69, 9.17) is 4.74 Å². The number of rotatable bonds is 2. The molecule has 2 heterocycles. The number of benzene rings is 1. The lowest BCUT2D eigenvalue weighted by atomic mass is 10.1. The summed E-state index contributed by atoms with van der Waals surface area (Å²) in [5.41, 5.74) is -0.0719. The van der Waals surface area contributed by atoms with Gasteiger partial charge in [0.25, 0.3) is 5.91 Å². The smallest absolute Gasteiger partial charge is 0.405 e. The Bertz CT molecular complexity index is 532. The normalized spacial score (nSPS) is 25.1. The van der Waals surface area contributed by atoms with Crippen LogP contribution >= 0.6 is 0 Å². The summed E-state index contributed by atoms with van der Waals surface area (Å²) in [6.45, 7) is 0.864. The monoisotopic (exact) mass is 287 g/mol. The van der Waals surface area contributed by atoms with Crippen molar-refractivity contribution in [3.8, 4) is 5.75 Å². The molecule has 2 bridgehead atoms. The average Bonchev–Trinajstić information content (AvgIpc) is 2.99. The lowest BCUT2D eigenvalue weighted by molar-refractivity contribution is -0.274. The summed E-state index contributed by atoms with van der Waals surface area (Å²) < 4.78 is 46.3. The molecule has 0 spiro atoms. The van der Waals surface area contributed by atoms with E-state index >= 15 is 0 Å². The molecule has 2 atom stereocenters. The average molecular weight is 287 g/mol. The summed E-state index contributed by atoms with van der Waals surface area (Å²) in [6.07, 6.45) is -4.07. The Morgan fingerprint density at radius 3 is 2.70 bits per heavy atom. The molecule has 1 amide bonds. The van der Waals surface area contributed by atoms with Crippen LogP contribution in [0.25, 0.3) is 0 Å². The van der Waals surface area contributed by atoms with E-state index in [0.717, 1.165) is 12.5 Å². The van der Waals surface area contributed by atoms with Gasteiger partial charge in [0.05, 0.1) is 24.3 Å². The molecule has 20 heavy (non-hydrogen) atoms. The van der Waals surface area contributed by atoms with Crippen LogP contribution < -0.4 is 4.74 Å². The quantitative estimate of drug-likeness (QED) is 0.837. The number of likely N-dealkylation sites (tertiary alicyclic amines) is 1. The van der Waals surface area contributed by atoms with E-state index in [1.54, 1.807) is 4.90 Å². The largest absolute Gasteiger partial charge is 0.573 e. The number of hydrogen-bond acceptors (Lipinski definition) is 3. The van der Waals surface area contributed by atoms with Crippen LogP contribution in [-0.2, 0) is 4.74 Å². The van der Waals surface area contributed by atoms with Crippen LogP contribution in [0.4, 0.5) is 13.2 Å². The first-order chi connectivity index (χ1) is 9.44. The highest BCUT2D eigenvalue weighted by molar-refractivity contribution is 5.97. The Kier molecular flexibility index (Phi) is 3.08. The van der Waals surface area contributed by atoms with E-state index < -0.39 is 18.0 Å². The van der Waals surface area contributed by atoms with Crippen molar-refractivity contribution in [2.24, 2.45) is 0 Å². The van der Waals surface area contributed by atoms with E-state index in [2.05, 4.69) is 4.74 Å². The summed E-state index contributed by atoms with van der Waals surface area (Å²) in [4.78, 5) is 13.9. The zero-order valence-corrected chi connectivity index (χ0v) is 10.4. The van der Waals surface area contributed by atoms with Crippen LogP contribution in [0.3, 0.4) is 0 Å². The fourth-order valence-electron chi connectivity index (χ4n) is 2.66. The minimum Gasteiger partial charge on any atom is -0.405 e. The Hall–Kier alpha value is -1.76. The fourth-order valence-corrected chi connectivity index (χ4v) is 2.66. The molecule has 1 aromatic carbocycles. The van der Waals surface area contributed by atoms with E-state index in [1.165, 1.54) is 18.2 Å². The molecular weight excluding hydrogens is 275 g/mol. The highest BCUT2D eigenvalue weighted by Crippen LogP contribution is 2.32. The molecule has 0 N–H and O–H groups in total. The van der Waals surface area contributed by atoms with Crippen LogP contribution in [0.2, 0.25) is 0 Å². The zero-order valence-electron chi connectivity index (χ0n) is 10.4. The fraction of sp³-hybridized carbons (Fsp3) is 0.462. The molecule has 0 aliphatic carbocycles. The molecule has 0 unspecified atom stereocenters. The number of carbonyl (C=O) groups is 1. The lowest BCUT2D eigenvalue weighted by Crippen LogP contribution is -2.41. The van der Waals surface area contributed by atoms with Crippen LogP contribution in [0.1, 0.15) is 16.8 Å². The zero-order chi connectivity index (χ0) is 14.3. The maximum Gasteiger partial charge on any atom is 0.573 e. The van der Waals surface area contributed by atoms with Gasteiger partial charge in [-0.05, 0) is 18.6 Å². The first-order valence-corrected chi connectivity index (χ1v) is 6.21. The number of ether oxygens (including phenoxy) is 2. The summed E-state index contributed by atoms with van der Waals surface area (Å²) in [7, 11) is 0. The maximum absolute atomic E-state index is 12.4. The topological polar surface area (TPSA) is 38.8 Å². The molecule has 2 aliphatic rings. The van der Waals surface area contributed by atoms with Crippen molar-refractivity contribution >= 4 is 5.91 Å². The van der Waals surface area contributed by atoms with Crippen molar-refractivity contribution < 1.29 is 27.4 Å². The molecule has 1 aromatic rings. The summed E-state index contributed by atoms with van der Waals surface area (Å²) in [6, 6.07) is 5.35. The van der Waals surface area contributed by atoms with Crippen molar-refractivity contribution in [1.29, 1.82) is 0 Å². The molecule has 7 heteroatoms. The molecule has 2 saturated heterocycles. The van der Waals surface area contributed by atoms with E-state index in [-0.39, 0.29) is 17.7 Å². The van der Waals surface area contributed by atoms with Gasteiger partial charge in [-0.2, -0.15) is 0 Å². The molecule has 3 rings (SSSR count). The van der Waals surface area contributed by atoms with Gasteiger partial charge >= 0.3 is 6.36 Å². The molecule has 2 fully saturated rings. The number of hydrogen-bond donors (Lipinski definition) is 0. The highest BCUT2D eigenvalue weighted by Gasteiger charge is 2.42. The number of amides is 1. The predicted molar refractivity (Wildman–Crippen MR) is 62.3 cm³/mol. The molecule has 2 aliphatic heterocycles. The minimum atomic E-state index is -4.82. The number of alkyl halides is 3. The number of carbonyl (C=O) groups excluding carboxylic acids is 1. The van der Waals surface area contributed by atoms with Crippen molar-refractivity contribution in [1.82, 2.24) is 4.90 Å². The number of nitrogens with zero attached hydrogens (tertiary/aromatic N) is 1. The Morgan fingerprint density at radius 2 is 2.10 bits per heavy atom. The Labute approximate surface area is 113 Å². The molecular formula is C13H12F3NO3. The van der Waals surface area contributed by atoms with Crippen LogP contribution in [-0.4, -0.2) is 42.5 Å². The Morgan fingerprint density at radius 1 is 1.35 bits per heavy atom. The second-order valence-electron chi connectivity index (χ2n) is 4.85. The van der Waals surface area contributed by atoms with Crippen molar-refractivity contribution in [2.45, 2.75) is 24.9 Å². The van der Waals surface area contributed by atoms with Crippen molar-refractivity contribution in [3.63, 3.8) is 0 Å². The summed E-state index contributed by atoms with van der Waals surface area (Å²) in [5, 5.41) is 0. The first kappa shape index (κ1) is 13.2. The molecule has 0 saturated carbocycles. The maximum atomic E-state index is 12.4. The van der Waals surface area contributed by atoms with Crippen LogP contribution in [0, 0.1) is 0 Å². The van der Waals surface area contributed by atoms with Gasteiger partial charge in [-0.1, -0.05) is 12.1 Å². The third kappa shape index (κ3) is 2.45. The standard InChI is InChI=1S/C13H12F3NO3/c14-13(15,16)20-11-4-2-1-3-10(11)12(18)17-6-9-5-8(17)7-19-9/h1-4,8-9H,5-7H2/t8-,9+/m0/s1. The van der Waals surface area contributed by atoms with Gasteiger partial charge in [0, 0.05) is 6.54 Å². The molecule has 0 radical (unpaired) electrons. The predicted octanol–water partition coefficient (Wildman–Crippen LogP) is 2.20. The second kappa shape index (κ2) is 4.66. The van der Waals surface area contributed by atoms with Crippen molar-refractivity contribution in [2.75, 3.05) is 13.2 Å². The number of fused-ring (bicyclic) bond motifs is 2. The number of halogens is 3. The number of morpholine rings is 1. The third-order valence-electron chi connectivity index (χ3n) is 3.50. The third-order valence-corrected chi connectivity index (χ3v) is 3.50. The number of para-hydroxylation sites is 1. The van der Waals surface area contributed by atoms with Crippen LogP contribution in [0.15, 0.2) is 24.3 Å². The SMILES string of the molecule is O=C(c1ccccc1OC(F)(F)F)N1C[C@H]2C[C@H]1CO2. The van der Waals surface area contributed by atoms with Crippen molar-refractivity contribution in [3.05, 3.63) is 29.8 Å². The van der Waals surface area contributed by atoms with E-state index in [0.29, 0.717) is 13.2 Å². The Balaban J connectivity index is 1.84. The van der Waals surface area contributed by atoms with E-state index in [1.807, 2.05) is 0 Å². The first-order valence-electron chi connectivity index (χ1n) is 6.21. The van der Waals surface area contributed by atoms with Gasteiger partial charge in [-0.25, -0.2) is 0 Å². The van der Waals surface area contributed by atoms with Gasteiger partial charge in [0.15, 0.2) is 0 Å². The molecule has 108 valence electrons. The molecule has 4 nitrogen and oxygen atoms in total. The minimum absolute atomic E-state index is 0.000327. The van der Waals surface area contributed by atoms with Gasteiger partial charge in [0.1, 0.15) is 5.75 Å². The van der Waals surface area contributed by atoms with E-state index in [9.17, 15) is 18.0 Å².